The molecule has 0 aliphatic rings. The normalized spacial score (nSPS) is 10.8. The fourth-order valence-electron chi connectivity index (χ4n) is 1.91. The van der Waals surface area contributed by atoms with Crippen molar-refractivity contribution >= 4 is 17.4 Å². The van der Waals surface area contributed by atoms with Gasteiger partial charge in [-0.05, 0) is 30.5 Å². The van der Waals surface area contributed by atoms with Gasteiger partial charge >= 0.3 is 0 Å². The Kier molecular flexibility index (Phi) is 4.26. The van der Waals surface area contributed by atoms with Gasteiger partial charge in [0, 0.05) is 11.9 Å². The monoisotopic (exact) mass is 263 g/mol. The molecule has 1 aromatic heterocycles. The molecule has 4 heteroatoms. The largest absolute Gasteiger partial charge is 0.384 e. The zero-order valence-corrected chi connectivity index (χ0v) is 11.3. The molecule has 0 saturated carbocycles. The van der Waals surface area contributed by atoms with Gasteiger partial charge in [-0.1, -0.05) is 25.5 Å². The van der Waals surface area contributed by atoms with E-state index in [1.807, 2.05) is 30.3 Å². The van der Waals surface area contributed by atoms with Gasteiger partial charge in [0.1, 0.15) is 5.82 Å². The predicted octanol–water partition coefficient (Wildman–Crippen LogP) is 3.54. The summed E-state index contributed by atoms with van der Waals surface area (Å²) in [6, 6.07) is 9.92. The van der Waals surface area contributed by atoms with E-state index in [2.05, 4.69) is 12.0 Å². The highest BCUT2D eigenvalue weighted by Gasteiger charge is 2.07. The molecule has 0 radical (unpaired) electrons. The third-order valence-electron chi connectivity index (χ3n) is 2.88. The predicted molar refractivity (Wildman–Crippen MR) is 76.1 cm³/mol. The summed E-state index contributed by atoms with van der Waals surface area (Å²) in [5.74, 6) is 1.17. The molecule has 0 unspecified atom stereocenters. The van der Waals surface area contributed by atoms with Gasteiger partial charge in [-0.15, -0.1) is 11.6 Å². The fourth-order valence-corrected chi connectivity index (χ4v) is 2.07. The zero-order valence-electron chi connectivity index (χ0n) is 10.6. The van der Waals surface area contributed by atoms with Crippen LogP contribution in [0.15, 0.2) is 30.3 Å². The maximum atomic E-state index is 6.00. The molecule has 0 spiro atoms. The van der Waals surface area contributed by atoms with Crippen LogP contribution in [0.1, 0.15) is 31.0 Å². The molecule has 0 atom stereocenters. The lowest BCUT2D eigenvalue weighted by atomic mass is 10.2. The van der Waals surface area contributed by atoms with Gasteiger partial charge in [0.15, 0.2) is 0 Å². The molecule has 0 saturated heterocycles. The Morgan fingerprint density at radius 1 is 1.33 bits per heavy atom. The summed E-state index contributed by atoms with van der Waals surface area (Å²) in [6.07, 6.45) is 3.27. The van der Waals surface area contributed by atoms with Gasteiger partial charge in [-0.25, -0.2) is 4.68 Å². The van der Waals surface area contributed by atoms with E-state index in [0.29, 0.717) is 11.7 Å². The molecule has 2 N–H and O–H groups in total. The van der Waals surface area contributed by atoms with Gasteiger partial charge in [0.05, 0.1) is 11.4 Å². The number of nitrogens with two attached hydrogens (primary N) is 1. The summed E-state index contributed by atoms with van der Waals surface area (Å²) in [4.78, 5) is 0. The highest BCUT2D eigenvalue weighted by atomic mass is 35.5. The number of aryl methyl sites for hydroxylation is 1. The van der Waals surface area contributed by atoms with Gasteiger partial charge in [-0.3, -0.25) is 0 Å². The Balaban J connectivity index is 2.29. The summed E-state index contributed by atoms with van der Waals surface area (Å²) >= 11 is 5.84. The highest BCUT2D eigenvalue weighted by molar-refractivity contribution is 6.17. The van der Waals surface area contributed by atoms with E-state index in [0.717, 1.165) is 36.2 Å². The van der Waals surface area contributed by atoms with E-state index >= 15 is 0 Å². The molecule has 0 fully saturated rings. The van der Waals surface area contributed by atoms with Crippen LogP contribution in [0, 0.1) is 0 Å². The van der Waals surface area contributed by atoms with Crippen LogP contribution < -0.4 is 5.73 Å². The number of hydrogen-bond acceptors (Lipinski definition) is 2. The van der Waals surface area contributed by atoms with E-state index in [1.165, 1.54) is 0 Å². The maximum absolute atomic E-state index is 6.00. The minimum atomic E-state index is 0.498. The molecule has 18 heavy (non-hydrogen) atoms. The molecule has 96 valence electrons. The minimum Gasteiger partial charge on any atom is -0.384 e. The first-order valence-electron chi connectivity index (χ1n) is 6.24. The van der Waals surface area contributed by atoms with E-state index in [-0.39, 0.29) is 0 Å². The fraction of sp³-hybridized carbons (Fsp3) is 0.357. The number of anilines is 1. The summed E-state index contributed by atoms with van der Waals surface area (Å²) in [5, 5.41) is 4.54. The number of halogens is 1. The van der Waals surface area contributed by atoms with Crippen molar-refractivity contribution in [2.45, 2.75) is 32.1 Å². The Bertz CT molecular complexity index is 520. The van der Waals surface area contributed by atoms with Crippen LogP contribution in [0.25, 0.3) is 5.69 Å². The van der Waals surface area contributed by atoms with Gasteiger partial charge in [-0.2, -0.15) is 5.10 Å². The van der Waals surface area contributed by atoms with E-state index in [1.54, 1.807) is 4.68 Å². The number of nitrogens with zero attached hydrogens (tertiary/aromatic N) is 2. The molecule has 1 heterocycles. The van der Waals surface area contributed by atoms with Crippen molar-refractivity contribution < 1.29 is 0 Å². The standard InChI is InChI=1S/C14H18ClN3/c1-2-3-6-12-9-14(16)18(17-12)13-7-4-5-11(8-13)10-15/h4-5,7-9H,2-3,6,10,16H2,1H3. The molecule has 0 bridgehead atoms. The molecular weight excluding hydrogens is 246 g/mol. The number of benzene rings is 1. The third kappa shape index (κ3) is 2.85. The lowest BCUT2D eigenvalue weighted by Crippen LogP contribution is -2.02. The van der Waals surface area contributed by atoms with Crippen LogP contribution >= 0.6 is 11.6 Å². The van der Waals surface area contributed by atoms with Gasteiger partial charge in [0.2, 0.25) is 0 Å². The van der Waals surface area contributed by atoms with Crippen molar-refractivity contribution in [2.75, 3.05) is 5.73 Å². The number of hydrogen-bond donors (Lipinski definition) is 1. The SMILES string of the molecule is CCCCc1cc(N)n(-c2cccc(CCl)c2)n1. The van der Waals surface area contributed by atoms with Crippen LogP contribution in [-0.2, 0) is 12.3 Å². The quantitative estimate of drug-likeness (QED) is 0.839. The molecule has 0 aliphatic heterocycles. The van der Waals surface area contributed by atoms with Gasteiger partial charge in [0.25, 0.3) is 0 Å². The highest BCUT2D eigenvalue weighted by Crippen LogP contribution is 2.17. The van der Waals surface area contributed by atoms with Crippen molar-refractivity contribution in [2.24, 2.45) is 0 Å². The van der Waals surface area contributed by atoms with Crippen LogP contribution in [-0.4, -0.2) is 9.78 Å². The molecule has 2 rings (SSSR count). The minimum absolute atomic E-state index is 0.498. The zero-order chi connectivity index (χ0) is 13.0. The molecule has 0 aliphatic carbocycles. The smallest absolute Gasteiger partial charge is 0.127 e. The lowest BCUT2D eigenvalue weighted by Gasteiger charge is -2.05. The van der Waals surface area contributed by atoms with E-state index < -0.39 is 0 Å². The first-order valence-corrected chi connectivity index (χ1v) is 6.77. The Labute approximate surface area is 113 Å². The average Bonchev–Trinajstić information content (AvgIpc) is 2.77. The molecule has 2 aromatic rings. The number of aromatic nitrogens is 2. The second kappa shape index (κ2) is 5.91. The van der Waals surface area contributed by atoms with Crippen molar-refractivity contribution in [3.05, 3.63) is 41.6 Å². The van der Waals surface area contributed by atoms with Crippen LogP contribution in [0.3, 0.4) is 0 Å². The second-order valence-electron chi connectivity index (χ2n) is 4.38. The Hall–Kier alpha value is -1.48. The molecule has 1 aromatic carbocycles. The average molecular weight is 264 g/mol. The van der Waals surface area contributed by atoms with Gasteiger partial charge < -0.3 is 5.73 Å². The summed E-state index contributed by atoms with van der Waals surface area (Å²) in [5.41, 5.74) is 9.09. The van der Waals surface area contributed by atoms with Crippen LogP contribution in [0.5, 0.6) is 0 Å². The number of rotatable bonds is 5. The summed E-state index contributed by atoms with van der Waals surface area (Å²) < 4.78 is 1.78. The van der Waals surface area contributed by atoms with Crippen LogP contribution in [0.2, 0.25) is 0 Å². The van der Waals surface area contributed by atoms with Crippen molar-refractivity contribution in [1.29, 1.82) is 0 Å². The van der Waals surface area contributed by atoms with Crippen molar-refractivity contribution in [3.63, 3.8) is 0 Å². The van der Waals surface area contributed by atoms with E-state index in [4.69, 9.17) is 17.3 Å². The molecule has 3 nitrogen and oxygen atoms in total. The van der Waals surface area contributed by atoms with Crippen molar-refractivity contribution in [3.8, 4) is 5.69 Å². The number of alkyl halides is 1. The topological polar surface area (TPSA) is 43.8 Å². The maximum Gasteiger partial charge on any atom is 0.127 e. The summed E-state index contributed by atoms with van der Waals surface area (Å²) in [6.45, 7) is 2.17. The molecular formula is C14H18ClN3. The second-order valence-corrected chi connectivity index (χ2v) is 4.65. The first kappa shape index (κ1) is 13.0. The summed E-state index contributed by atoms with van der Waals surface area (Å²) in [7, 11) is 0. The Morgan fingerprint density at radius 3 is 2.89 bits per heavy atom. The third-order valence-corrected chi connectivity index (χ3v) is 3.19. The Morgan fingerprint density at radius 2 is 2.17 bits per heavy atom. The molecule has 0 amide bonds. The number of unbranched alkanes of at least 4 members (excludes halogenated alkanes) is 1. The lowest BCUT2D eigenvalue weighted by molar-refractivity contribution is 0.753. The van der Waals surface area contributed by atoms with E-state index in [9.17, 15) is 0 Å². The van der Waals surface area contributed by atoms with Crippen LogP contribution in [0.4, 0.5) is 5.82 Å². The first-order chi connectivity index (χ1) is 8.74. The number of nitrogen functional groups attached to an aromatic ring is 1. The van der Waals surface area contributed by atoms with Crippen molar-refractivity contribution in [1.82, 2.24) is 9.78 Å².